The van der Waals surface area contributed by atoms with Gasteiger partial charge >= 0.3 is 0 Å². The van der Waals surface area contributed by atoms with E-state index in [1.807, 2.05) is 41.6 Å². The summed E-state index contributed by atoms with van der Waals surface area (Å²) in [6, 6.07) is 13.2. The molecule has 1 atom stereocenters. The standard InChI is InChI=1S/C36H48N4O4/c37-36(38)28-11-6-10-27(17-28)18-29-21-39-33-23-40(22-32(29)33)24-44-35-19-26(14-16-34(35)43)13-15-31(42)20-30(41)12-5-4-9-25-7-2-1-3-8-25/h6,10-11,14,16-17,19,21,23,25,30,36,41,43H,1-5,7-9,12-13,15,18,20,22,24,37-38H2. The molecule has 0 radical (unpaired) electrons. The number of carbonyl (C=O) groups excluding carboxylic acids is 1. The third-order valence-corrected chi connectivity index (χ3v) is 9.14. The first-order chi connectivity index (χ1) is 21.3. The van der Waals surface area contributed by atoms with E-state index < -0.39 is 12.3 Å². The number of ether oxygens (including phenoxy) is 1. The average molecular weight is 601 g/mol. The van der Waals surface area contributed by atoms with Crippen molar-refractivity contribution in [2.24, 2.45) is 22.4 Å². The number of hydrogen-bond donors (Lipinski definition) is 4. The molecule has 236 valence electrons. The molecule has 2 aromatic rings. The Hall–Kier alpha value is -3.46. The number of phenols is 1. The monoisotopic (exact) mass is 600 g/mol. The highest BCUT2D eigenvalue weighted by Crippen LogP contribution is 2.33. The summed E-state index contributed by atoms with van der Waals surface area (Å²) in [5, 5.41) is 20.8. The van der Waals surface area contributed by atoms with Crippen LogP contribution in [0.4, 0.5) is 0 Å². The molecule has 3 aliphatic rings. The lowest BCUT2D eigenvalue weighted by Gasteiger charge is -2.21. The van der Waals surface area contributed by atoms with Crippen LogP contribution in [0.25, 0.3) is 0 Å². The summed E-state index contributed by atoms with van der Waals surface area (Å²) in [6.07, 6.45) is 15.6. The topological polar surface area (TPSA) is 134 Å². The fourth-order valence-electron chi connectivity index (χ4n) is 6.57. The Bertz CT molecular complexity index is 1380. The Kier molecular flexibility index (Phi) is 11.3. The zero-order chi connectivity index (χ0) is 30.9. The number of Topliss-reactive ketones (excluding diaryl/α,β-unsaturated/α-hetero) is 1. The molecule has 2 aliphatic heterocycles. The fourth-order valence-corrected chi connectivity index (χ4v) is 6.57. The van der Waals surface area contributed by atoms with Crippen molar-refractivity contribution in [3.8, 4) is 11.5 Å². The van der Waals surface area contributed by atoms with Crippen LogP contribution in [0.3, 0.4) is 0 Å². The van der Waals surface area contributed by atoms with Crippen molar-refractivity contribution in [1.29, 1.82) is 0 Å². The van der Waals surface area contributed by atoms with E-state index >= 15 is 0 Å². The van der Waals surface area contributed by atoms with Gasteiger partial charge in [0.2, 0.25) is 0 Å². The normalized spacial score (nSPS) is 17.4. The molecule has 0 spiro atoms. The summed E-state index contributed by atoms with van der Waals surface area (Å²) >= 11 is 0. The van der Waals surface area contributed by atoms with E-state index in [-0.39, 0.29) is 24.7 Å². The SMILES string of the molecule is NC(N)c1cccc(CC2=C3CN(COc4cc(CCC(=O)CC(O)CCCCC5CCCCC5)ccc4O)C=C3N=C2)c1. The van der Waals surface area contributed by atoms with Crippen molar-refractivity contribution >= 4 is 12.0 Å². The number of hydrogen-bond acceptors (Lipinski definition) is 8. The molecule has 0 aromatic heterocycles. The Labute approximate surface area is 261 Å². The average Bonchev–Trinajstić information content (AvgIpc) is 3.60. The van der Waals surface area contributed by atoms with Gasteiger partial charge in [0, 0.05) is 37.4 Å². The number of nitrogens with zero attached hydrogens (tertiary/aromatic N) is 2. The Morgan fingerprint density at radius 1 is 1.07 bits per heavy atom. The van der Waals surface area contributed by atoms with Gasteiger partial charge in [-0.2, -0.15) is 0 Å². The number of aliphatic hydroxyl groups excluding tert-OH is 1. The lowest BCUT2D eigenvalue weighted by atomic mass is 9.85. The smallest absolute Gasteiger partial charge is 0.163 e. The van der Waals surface area contributed by atoms with Crippen molar-refractivity contribution in [3.05, 3.63) is 82.2 Å². The van der Waals surface area contributed by atoms with Gasteiger partial charge in [-0.15, -0.1) is 0 Å². The van der Waals surface area contributed by atoms with Crippen LogP contribution in [0.1, 0.15) is 93.5 Å². The number of phenolic OH excluding ortho intramolecular Hbond substituents is 1. The van der Waals surface area contributed by atoms with Crippen molar-refractivity contribution in [3.63, 3.8) is 0 Å². The van der Waals surface area contributed by atoms with Gasteiger partial charge in [0.25, 0.3) is 0 Å². The van der Waals surface area contributed by atoms with E-state index in [1.54, 1.807) is 12.1 Å². The van der Waals surface area contributed by atoms with Gasteiger partial charge < -0.3 is 31.3 Å². The first kappa shape index (κ1) is 31.9. The number of aryl methyl sites for hydroxylation is 1. The Morgan fingerprint density at radius 3 is 2.73 bits per heavy atom. The van der Waals surface area contributed by atoms with Crippen LogP contribution in [0.2, 0.25) is 0 Å². The number of carbonyl (C=O) groups is 1. The van der Waals surface area contributed by atoms with Crippen molar-refractivity contribution < 1.29 is 19.7 Å². The molecule has 1 saturated carbocycles. The lowest BCUT2D eigenvalue weighted by Crippen LogP contribution is -2.21. The molecule has 6 N–H and O–H groups in total. The van der Waals surface area contributed by atoms with Crippen LogP contribution < -0.4 is 16.2 Å². The number of aliphatic imine (C=N–C) groups is 1. The molecule has 44 heavy (non-hydrogen) atoms. The molecule has 0 bridgehead atoms. The maximum Gasteiger partial charge on any atom is 0.163 e. The van der Waals surface area contributed by atoms with Crippen LogP contribution in [0, 0.1) is 5.92 Å². The molecule has 8 heteroatoms. The highest BCUT2D eigenvalue weighted by Gasteiger charge is 2.25. The molecular weight excluding hydrogens is 552 g/mol. The quantitative estimate of drug-likeness (QED) is 0.141. The highest BCUT2D eigenvalue weighted by molar-refractivity contribution is 5.87. The molecule has 8 nitrogen and oxygen atoms in total. The number of aromatic hydroxyl groups is 1. The van der Waals surface area contributed by atoms with Crippen molar-refractivity contribution in [2.45, 2.75) is 95.7 Å². The van der Waals surface area contributed by atoms with E-state index in [1.165, 1.54) is 44.1 Å². The number of allylic oxidation sites excluding steroid dienone is 1. The maximum atomic E-state index is 12.6. The molecule has 1 fully saturated rings. The van der Waals surface area contributed by atoms with Crippen LogP contribution >= 0.6 is 0 Å². The number of rotatable bonds is 16. The largest absolute Gasteiger partial charge is 0.504 e. The summed E-state index contributed by atoms with van der Waals surface area (Å²) in [5.41, 5.74) is 17.9. The Morgan fingerprint density at radius 2 is 1.91 bits per heavy atom. The number of fused-ring (bicyclic) bond motifs is 1. The second-order valence-corrected chi connectivity index (χ2v) is 12.7. The maximum absolute atomic E-state index is 12.6. The van der Waals surface area contributed by atoms with Gasteiger partial charge in [-0.1, -0.05) is 81.7 Å². The summed E-state index contributed by atoms with van der Waals surface area (Å²) in [5.74, 6) is 1.38. The minimum Gasteiger partial charge on any atom is -0.504 e. The summed E-state index contributed by atoms with van der Waals surface area (Å²) in [7, 11) is 0. The number of unbranched alkanes of at least 4 members (excludes halogenated alkanes) is 1. The van der Waals surface area contributed by atoms with E-state index in [0.29, 0.717) is 31.6 Å². The van der Waals surface area contributed by atoms with E-state index in [2.05, 4.69) is 11.1 Å². The van der Waals surface area contributed by atoms with E-state index in [0.717, 1.165) is 53.1 Å². The molecule has 5 rings (SSSR count). The third kappa shape index (κ3) is 9.03. The molecular formula is C36H48N4O4. The van der Waals surface area contributed by atoms with E-state index in [9.17, 15) is 15.0 Å². The zero-order valence-electron chi connectivity index (χ0n) is 25.8. The second-order valence-electron chi connectivity index (χ2n) is 12.7. The Balaban J connectivity index is 1.05. The summed E-state index contributed by atoms with van der Waals surface area (Å²) in [4.78, 5) is 19.2. The molecule has 0 amide bonds. The number of nitrogens with two attached hydrogens (primary N) is 2. The van der Waals surface area contributed by atoms with Gasteiger partial charge in [0.05, 0.1) is 18.0 Å². The predicted octanol–water partition coefficient (Wildman–Crippen LogP) is 5.82. The second kappa shape index (κ2) is 15.5. The summed E-state index contributed by atoms with van der Waals surface area (Å²) < 4.78 is 6.00. The third-order valence-electron chi connectivity index (χ3n) is 9.14. The van der Waals surface area contributed by atoms with Gasteiger partial charge in [0.1, 0.15) is 5.78 Å². The van der Waals surface area contributed by atoms with Crippen molar-refractivity contribution in [2.75, 3.05) is 13.3 Å². The van der Waals surface area contributed by atoms with Gasteiger partial charge in [-0.05, 0) is 59.6 Å². The molecule has 2 heterocycles. The molecule has 1 aliphatic carbocycles. The molecule has 1 unspecified atom stereocenters. The number of aliphatic hydroxyl groups is 1. The van der Waals surface area contributed by atoms with Gasteiger partial charge in [0.15, 0.2) is 18.2 Å². The van der Waals surface area contributed by atoms with Crippen LogP contribution in [0.5, 0.6) is 11.5 Å². The van der Waals surface area contributed by atoms with Crippen LogP contribution in [-0.4, -0.2) is 46.5 Å². The lowest BCUT2D eigenvalue weighted by molar-refractivity contribution is -0.121. The first-order valence-corrected chi connectivity index (χ1v) is 16.3. The minimum absolute atomic E-state index is 0.0617. The molecule has 0 saturated heterocycles. The summed E-state index contributed by atoms with van der Waals surface area (Å²) in [6.45, 7) is 0.925. The van der Waals surface area contributed by atoms with Crippen LogP contribution in [-0.2, 0) is 17.6 Å². The first-order valence-electron chi connectivity index (χ1n) is 16.3. The van der Waals surface area contributed by atoms with E-state index in [4.69, 9.17) is 16.2 Å². The van der Waals surface area contributed by atoms with Gasteiger partial charge in [-0.3, -0.25) is 9.79 Å². The highest BCUT2D eigenvalue weighted by atomic mass is 16.5. The van der Waals surface area contributed by atoms with Crippen molar-refractivity contribution in [1.82, 2.24) is 4.90 Å². The number of benzene rings is 2. The predicted molar refractivity (Wildman–Crippen MR) is 174 cm³/mol. The van der Waals surface area contributed by atoms with Gasteiger partial charge in [-0.25, -0.2) is 0 Å². The zero-order valence-corrected chi connectivity index (χ0v) is 25.8. The number of ketones is 1. The molecule has 2 aromatic carbocycles. The van der Waals surface area contributed by atoms with Crippen LogP contribution in [0.15, 0.2) is 70.5 Å². The fraction of sp³-hybridized carbons (Fsp3) is 0.500. The minimum atomic E-state index is -0.559.